The van der Waals surface area contributed by atoms with Gasteiger partial charge in [0.25, 0.3) is 0 Å². The van der Waals surface area contributed by atoms with Crippen molar-refractivity contribution in [3.8, 4) is 0 Å². The third-order valence-corrected chi connectivity index (χ3v) is 2.29. The minimum atomic E-state index is -0.500. The Bertz CT molecular complexity index is 109. The molecule has 0 bridgehead atoms. The maximum Gasteiger partial charge on any atom is 0.0781 e. The molecule has 0 unspecified atom stereocenters. The predicted molar refractivity (Wildman–Crippen MR) is 57.7 cm³/mol. The van der Waals surface area contributed by atoms with E-state index in [1.54, 1.807) is 0 Å². The molecule has 0 aromatic heterocycles. The molecule has 0 amide bonds. The molecule has 0 spiro atoms. The van der Waals surface area contributed by atoms with Crippen LogP contribution in [0.5, 0.6) is 0 Å². The molecule has 0 aliphatic carbocycles. The lowest BCUT2D eigenvalue weighted by Gasteiger charge is -2.33. The summed E-state index contributed by atoms with van der Waals surface area (Å²) in [5.41, 5.74) is 0. The van der Waals surface area contributed by atoms with E-state index in [0.717, 1.165) is 0 Å². The van der Waals surface area contributed by atoms with Crippen LogP contribution >= 0.6 is 0 Å². The predicted octanol–water partition coefficient (Wildman–Crippen LogP) is 1.03. The summed E-state index contributed by atoms with van der Waals surface area (Å²) in [7, 11) is 2.39. The van der Waals surface area contributed by atoms with Crippen molar-refractivity contribution >= 4 is 6.47 Å². The number of hydrogen-bond acceptors (Lipinski definition) is 2. The topological polar surface area (TPSA) is 40.1 Å². The highest BCUT2D eigenvalue weighted by Crippen LogP contribution is 2.06. The summed E-state index contributed by atoms with van der Waals surface area (Å²) in [6.45, 7) is 10.4. The summed E-state index contributed by atoms with van der Waals surface area (Å²) in [5.74, 6) is 0. The zero-order valence-electron chi connectivity index (χ0n) is 10.1. The van der Waals surface area contributed by atoms with Crippen LogP contribution in [0.2, 0.25) is 0 Å². The van der Waals surface area contributed by atoms with Gasteiger partial charge in [0.2, 0.25) is 0 Å². The second-order valence-corrected chi connectivity index (χ2v) is 3.89. The Morgan fingerprint density at radius 3 is 1.36 bits per heavy atom. The van der Waals surface area contributed by atoms with E-state index in [9.17, 15) is 0 Å². The molecule has 0 aliphatic heterocycles. The van der Waals surface area contributed by atoms with Gasteiger partial charge in [0.05, 0.1) is 26.7 Å². The van der Waals surface area contributed by atoms with E-state index in [0.29, 0.717) is 0 Å². The fraction of sp³-hybridized carbons (Fsp3) is 0.909. The zero-order chi connectivity index (χ0) is 11.4. The van der Waals surface area contributed by atoms with E-state index in [-0.39, 0.29) is 0 Å². The molecule has 3 nitrogen and oxygen atoms in total. The first-order valence-electron chi connectivity index (χ1n) is 5.49. The Morgan fingerprint density at radius 1 is 1.00 bits per heavy atom. The van der Waals surface area contributed by atoms with Gasteiger partial charge in [0.1, 0.15) is 0 Å². The highest BCUT2D eigenvalue weighted by Gasteiger charge is 2.16. The second kappa shape index (κ2) is 10.5. The van der Waals surface area contributed by atoms with Crippen molar-refractivity contribution in [2.24, 2.45) is 0 Å². The van der Waals surface area contributed by atoms with Gasteiger partial charge in [-0.3, -0.25) is 0 Å². The van der Waals surface area contributed by atoms with Gasteiger partial charge in [0, 0.05) is 6.47 Å². The van der Waals surface area contributed by atoms with Crippen LogP contribution in [0.25, 0.3) is 0 Å². The van der Waals surface area contributed by atoms with E-state index < -0.39 is 6.47 Å². The van der Waals surface area contributed by atoms with Gasteiger partial charge in [-0.05, 0) is 19.3 Å². The van der Waals surface area contributed by atoms with Crippen molar-refractivity contribution in [1.82, 2.24) is 0 Å². The van der Waals surface area contributed by atoms with Gasteiger partial charge < -0.3 is 14.4 Å². The minimum Gasteiger partial charge on any atom is -0.554 e. The smallest absolute Gasteiger partial charge is 0.0781 e. The fourth-order valence-electron chi connectivity index (χ4n) is 1.95. The largest absolute Gasteiger partial charge is 0.554 e. The van der Waals surface area contributed by atoms with Gasteiger partial charge in [-0.2, -0.15) is 0 Å². The Morgan fingerprint density at radius 2 is 1.21 bits per heavy atom. The summed E-state index contributed by atoms with van der Waals surface area (Å²) in [5, 5.41) is 8.25. The van der Waals surface area contributed by atoms with Gasteiger partial charge in [0.15, 0.2) is 0 Å². The number of nitrogens with zero attached hydrogens (tertiary/aromatic N) is 1. The first kappa shape index (κ1) is 15.9. The van der Waals surface area contributed by atoms with E-state index in [2.05, 4.69) is 27.8 Å². The Balaban J connectivity index is 0. The van der Waals surface area contributed by atoms with Crippen LogP contribution in [0.1, 0.15) is 40.0 Å². The standard InChI is InChI=1S/C10H24N.CH2O2/c1-5-8-11(4,9-6-2)10-7-3;2-1-3/h5-10H2,1-4H3;1H,(H,2,3)/q+1;/p-1. The minimum absolute atomic E-state index is 0.500. The highest BCUT2D eigenvalue weighted by molar-refractivity contribution is 5.29. The number of quaternary nitrogens is 1. The SMILES string of the molecule is CCC[N+](C)(CCC)CCC.O=C[O-]. The third kappa shape index (κ3) is 9.52. The van der Waals surface area contributed by atoms with Crippen LogP contribution < -0.4 is 5.11 Å². The molecule has 3 heteroatoms. The van der Waals surface area contributed by atoms with Gasteiger partial charge >= 0.3 is 0 Å². The summed E-state index contributed by atoms with van der Waals surface area (Å²) in [6.07, 6.45) is 3.95. The molecule has 0 radical (unpaired) electrons. The first-order chi connectivity index (χ1) is 6.60. The maximum atomic E-state index is 8.25. The third-order valence-electron chi connectivity index (χ3n) is 2.29. The van der Waals surface area contributed by atoms with Crippen LogP contribution in [-0.4, -0.2) is 37.6 Å². The van der Waals surface area contributed by atoms with Crippen molar-refractivity contribution < 1.29 is 14.4 Å². The number of rotatable bonds is 6. The molecule has 14 heavy (non-hydrogen) atoms. The summed E-state index contributed by atoms with van der Waals surface area (Å²) in [6, 6.07) is 0. The van der Waals surface area contributed by atoms with Crippen molar-refractivity contribution in [3.63, 3.8) is 0 Å². The molecule has 86 valence electrons. The first-order valence-corrected chi connectivity index (χ1v) is 5.49. The number of carbonyl (C=O) groups excluding carboxylic acids is 1. The molecular formula is C11H25NO2. The zero-order valence-corrected chi connectivity index (χ0v) is 10.1. The van der Waals surface area contributed by atoms with Crippen molar-refractivity contribution in [3.05, 3.63) is 0 Å². The lowest BCUT2D eigenvalue weighted by Crippen LogP contribution is -2.45. The molecule has 0 atom stereocenters. The van der Waals surface area contributed by atoms with Gasteiger partial charge in [-0.25, -0.2) is 0 Å². The van der Waals surface area contributed by atoms with Crippen molar-refractivity contribution in [1.29, 1.82) is 0 Å². The molecule has 0 saturated carbocycles. The lowest BCUT2D eigenvalue weighted by atomic mass is 10.2. The van der Waals surface area contributed by atoms with Crippen LogP contribution in [0.15, 0.2) is 0 Å². The average molecular weight is 203 g/mol. The molecular weight excluding hydrogens is 178 g/mol. The normalized spacial score (nSPS) is 10.3. The van der Waals surface area contributed by atoms with E-state index in [4.69, 9.17) is 9.90 Å². The van der Waals surface area contributed by atoms with Crippen molar-refractivity contribution in [2.75, 3.05) is 26.7 Å². The number of carboxylic acid groups (broad SMARTS) is 1. The molecule has 0 saturated heterocycles. The van der Waals surface area contributed by atoms with E-state index in [1.807, 2.05) is 0 Å². The Hall–Kier alpha value is -0.570. The lowest BCUT2D eigenvalue weighted by molar-refractivity contribution is -0.909. The summed E-state index contributed by atoms with van der Waals surface area (Å²) < 4.78 is 1.28. The van der Waals surface area contributed by atoms with Crippen LogP contribution in [0.4, 0.5) is 0 Å². The molecule has 0 rings (SSSR count). The van der Waals surface area contributed by atoms with Crippen molar-refractivity contribution in [2.45, 2.75) is 40.0 Å². The van der Waals surface area contributed by atoms with Crippen LogP contribution in [-0.2, 0) is 4.79 Å². The van der Waals surface area contributed by atoms with Gasteiger partial charge in [-0.15, -0.1) is 0 Å². The Kier molecular flexibility index (Phi) is 11.9. The molecule has 0 N–H and O–H groups in total. The van der Waals surface area contributed by atoms with Crippen LogP contribution in [0.3, 0.4) is 0 Å². The molecule has 0 fully saturated rings. The second-order valence-electron chi connectivity index (χ2n) is 3.89. The number of hydrogen-bond donors (Lipinski definition) is 0. The summed E-state index contributed by atoms with van der Waals surface area (Å²) in [4.78, 5) is 8.25. The van der Waals surface area contributed by atoms with E-state index >= 15 is 0 Å². The van der Waals surface area contributed by atoms with Crippen LogP contribution in [0, 0.1) is 0 Å². The molecule has 0 heterocycles. The van der Waals surface area contributed by atoms with E-state index in [1.165, 1.54) is 43.4 Å². The molecule has 0 aromatic carbocycles. The molecule has 0 aliphatic rings. The highest BCUT2D eigenvalue weighted by atomic mass is 16.3. The average Bonchev–Trinajstić information content (AvgIpc) is 2.06. The molecule has 0 aromatic rings. The Labute approximate surface area is 88.3 Å². The number of carbonyl (C=O) groups is 1. The monoisotopic (exact) mass is 203 g/mol. The summed E-state index contributed by atoms with van der Waals surface area (Å²) >= 11 is 0. The maximum absolute atomic E-state index is 8.25. The fourth-order valence-corrected chi connectivity index (χ4v) is 1.95. The van der Waals surface area contributed by atoms with Gasteiger partial charge in [-0.1, -0.05) is 20.8 Å². The quantitative estimate of drug-likeness (QED) is 0.478.